The van der Waals surface area contributed by atoms with E-state index in [4.69, 9.17) is 5.73 Å². The quantitative estimate of drug-likeness (QED) is 0.879. The van der Waals surface area contributed by atoms with Gasteiger partial charge < -0.3 is 5.73 Å². The maximum Gasteiger partial charge on any atom is 0.214 e. The lowest BCUT2D eigenvalue weighted by Crippen LogP contribution is -2.25. The van der Waals surface area contributed by atoms with E-state index in [-0.39, 0.29) is 0 Å². The van der Waals surface area contributed by atoms with E-state index in [1.54, 1.807) is 11.8 Å². The summed E-state index contributed by atoms with van der Waals surface area (Å²) in [5, 5.41) is 13.6. The zero-order valence-electron chi connectivity index (χ0n) is 12.1. The first-order valence-electron chi connectivity index (χ1n) is 7.59. The van der Waals surface area contributed by atoms with Gasteiger partial charge in [0.15, 0.2) is 0 Å². The molecule has 1 fully saturated rings. The molecular weight excluding hydrogens is 282 g/mol. The zero-order chi connectivity index (χ0) is 14.5. The van der Waals surface area contributed by atoms with Crippen LogP contribution in [0.1, 0.15) is 32.1 Å². The second kappa shape index (κ2) is 7.04. The van der Waals surface area contributed by atoms with Gasteiger partial charge in [-0.15, -0.1) is 5.10 Å². The minimum Gasteiger partial charge on any atom is -0.330 e. The van der Waals surface area contributed by atoms with E-state index >= 15 is 0 Å². The van der Waals surface area contributed by atoms with Crippen LogP contribution in [0.25, 0.3) is 5.69 Å². The number of para-hydroxylation sites is 1. The molecule has 1 aliphatic rings. The number of hydrogen-bond acceptors (Lipinski definition) is 5. The molecule has 2 aromatic rings. The number of rotatable bonds is 4. The normalized spacial score (nSPS) is 22.9. The van der Waals surface area contributed by atoms with Gasteiger partial charge >= 0.3 is 0 Å². The molecule has 0 amide bonds. The third kappa shape index (κ3) is 3.44. The molecule has 112 valence electrons. The summed E-state index contributed by atoms with van der Waals surface area (Å²) in [7, 11) is 0. The van der Waals surface area contributed by atoms with Crippen molar-refractivity contribution in [1.29, 1.82) is 0 Å². The van der Waals surface area contributed by atoms with Gasteiger partial charge in [-0.2, -0.15) is 4.68 Å². The summed E-state index contributed by atoms with van der Waals surface area (Å²) in [5.41, 5.74) is 6.97. The molecular formula is C15H21N5S. The number of nitrogens with two attached hydrogens (primary N) is 1. The first kappa shape index (κ1) is 14.5. The van der Waals surface area contributed by atoms with Crippen molar-refractivity contribution in [2.45, 2.75) is 42.5 Å². The molecule has 21 heavy (non-hydrogen) atoms. The van der Waals surface area contributed by atoms with Crippen LogP contribution in [0.15, 0.2) is 35.5 Å². The number of tetrazole rings is 1. The molecule has 0 spiro atoms. The molecule has 0 aliphatic heterocycles. The zero-order valence-corrected chi connectivity index (χ0v) is 12.9. The maximum absolute atomic E-state index is 5.97. The average Bonchev–Trinajstić information content (AvgIpc) is 2.87. The summed E-state index contributed by atoms with van der Waals surface area (Å²) < 4.78 is 1.82. The molecule has 1 aliphatic carbocycles. The van der Waals surface area contributed by atoms with E-state index in [1.165, 1.54) is 32.1 Å². The van der Waals surface area contributed by atoms with Gasteiger partial charge in [-0.3, -0.25) is 0 Å². The maximum atomic E-state index is 5.97. The highest BCUT2D eigenvalue weighted by atomic mass is 32.2. The highest BCUT2D eigenvalue weighted by Crippen LogP contribution is 2.35. The lowest BCUT2D eigenvalue weighted by molar-refractivity contribution is 0.482. The van der Waals surface area contributed by atoms with E-state index in [0.29, 0.717) is 11.2 Å². The second-order valence-electron chi connectivity index (χ2n) is 5.50. The Labute approximate surface area is 129 Å². The van der Waals surface area contributed by atoms with Crippen LogP contribution in [0, 0.1) is 5.92 Å². The molecule has 2 N–H and O–H groups in total. The summed E-state index contributed by atoms with van der Waals surface area (Å²) in [6, 6.07) is 10.0. The Morgan fingerprint density at radius 2 is 1.95 bits per heavy atom. The highest BCUT2D eigenvalue weighted by molar-refractivity contribution is 7.99. The predicted octanol–water partition coefficient (Wildman–Crippen LogP) is 2.66. The SMILES string of the molecule is NCC1CCCCCC1Sc1nnnn1-c1ccccc1. The van der Waals surface area contributed by atoms with E-state index in [2.05, 4.69) is 15.5 Å². The van der Waals surface area contributed by atoms with Crippen LogP contribution in [-0.2, 0) is 0 Å². The molecule has 0 saturated heterocycles. The number of thioether (sulfide) groups is 1. The van der Waals surface area contributed by atoms with Gasteiger partial charge in [0, 0.05) is 5.25 Å². The van der Waals surface area contributed by atoms with Crippen LogP contribution in [0.3, 0.4) is 0 Å². The Hall–Kier alpha value is -1.40. The molecule has 0 radical (unpaired) electrons. The summed E-state index contributed by atoms with van der Waals surface area (Å²) in [4.78, 5) is 0. The summed E-state index contributed by atoms with van der Waals surface area (Å²) in [5.74, 6) is 0.568. The fraction of sp³-hybridized carbons (Fsp3) is 0.533. The van der Waals surface area contributed by atoms with E-state index in [1.807, 2.05) is 35.0 Å². The fourth-order valence-corrected chi connectivity index (χ4v) is 4.21. The highest BCUT2D eigenvalue weighted by Gasteiger charge is 2.25. The smallest absolute Gasteiger partial charge is 0.214 e. The number of aromatic nitrogens is 4. The van der Waals surface area contributed by atoms with Gasteiger partial charge in [0.2, 0.25) is 5.16 Å². The van der Waals surface area contributed by atoms with Gasteiger partial charge in [-0.25, -0.2) is 0 Å². The van der Waals surface area contributed by atoms with E-state index in [0.717, 1.165) is 17.4 Å². The monoisotopic (exact) mass is 303 g/mol. The summed E-state index contributed by atoms with van der Waals surface area (Å²) in [6.07, 6.45) is 6.32. The molecule has 1 heterocycles. The first-order chi connectivity index (χ1) is 10.4. The van der Waals surface area contributed by atoms with Crippen LogP contribution in [0.2, 0.25) is 0 Å². The van der Waals surface area contributed by atoms with Crippen molar-refractivity contribution >= 4 is 11.8 Å². The lowest BCUT2D eigenvalue weighted by Gasteiger charge is -2.22. The lowest BCUT2D eigenvalue weighted by atomic mass is 10.0. The van der Waals surface area contributed by atoms with Crippen molar-refractivity contribution in [3.05, 3.63) is 30.3 Å². The Bertz CT molecular complexity index is 556. The Kier molecular flexibility index (Phi) is 4.87. The van der Waals surface area contributed by atoms with E-state index in [9.17, 15) is 0 Å². The van der Waals surface area contributed by atoms with Crippen molar-refractivity contribution < 1.29 is 0 Å². The Morgan fingerprint density at radius 3 is 2.76 bits per heavy atom. The summed E-state index contributed by atoms with van der Waals surface area (Å²) in [6.45, 7) is 0.755. The topological polar surface area (TPSA) is 69.6 Å². The molecule has 1 aromatic heterocycles. The Balaban J connectivity index is 1.80. The van der Waals surface area contributed by atoms with Gasteiger partial charge in [-0.05, 0) is 47.9 Å². The van der Waals surface area contributed by atoms with Gasteiger partial charge in [0.1, 0.15) is 0 Å². The number of nitrogens with zero attached hydrogens (tertiary/aromatic N) is 4. The third-order valence-electron chi connectivity index (χ3n) is 4.09. The largest absolute Gasteiger partial charge is 0.330 e. The van der Waals surface area contributed by atoms with Crippen molar-refractivity contribution in [2.24, 2.45) is 11.7 Å². The standard InChI is InChI=1S/C15H21N5S/c16-11-12-7-3-1-6-10-14(12)21-15-17-18-19-20(15)13-8-4-2-5-9-13/h2,4-5,8-9,12,14H,1,3,6-7,10-11,16H2. The molecule has 5 nitrogen and oxygen atoms in total. The summed E-state index contributed by atoms with van der Waals surface area (Å²) >= 11 is 1.79. The van der Waals surface area contributed by atoms with Crippen molar-refractivity contribution in [1.82, 2.24) is 20.2 Å². The molecule has 1 aromatic carbocycles. The van der Waals surface area contributed by atoms with Crippen molar-refractivity contribution in [2.75, 3.05) is 6.54 Å². The molecule has 2 atom stereocenters. The average molecular weight is 303 g/mol. The Morgan fingerprint density at radius 1 is 1.14 bits per heavy atom. The molecule has 3 rings (SSSR count). The minimum absolute atomic E-state index is 0.519. The predicted molar refractivity (Wildman–Crippen MR) is 84.4 cm³/mol. The van der Waals surface area contributed by atoms with Crippen LogP contribution in [0.5, 0.6) is 0 Å². The van der Waals surface area contributed by atoms with Gasteiger partial charge in [-0.1, -0.05) is 49.2 Å². The molecule has 2 unspecified atom stereocenters. The van der Waals surface area contributed by atoms with Gasteiger partial charge in [0.25, 0.3) is 0 Å². The van der Waals surface area contributed by atoms with E-state index < -0.39 is 0 Å². The van der Waals surface area contributed by atoms with Crippen LogP contribution < -0.4 is 5.73 Å². The van der Waals surface area contributed by atoms with Crippen LogP contribution in [0.4, 0.5) is 0 Å². The molecule has 6 heteroatoms. The van der Waals surface area contributed by atoms with Crippen molar-refractivity contribution in [3.63, 3.8) is 0 Å². The second-order valence-corrected chi connectivity index (χ2v) is 6.71. The number of benzene rings is 1. The number of hydrogen-bond donors (Lipinski definition) is 1. The first-order valence-corrected chi connectivity index (χ1v) is 8.47. The fourth-order valence-electron chi connectivity index (χ4n) is 2.89. The van der Waals surface area contributed by atoms with Gasteiger partial charge in [0.05, 0.1) is 5.69 Å². The van der Waals surface area contributed by atoms with Crippen LogP contribution in [-0.4, -0.2) is 32.0 Å². The van der Waals surface area contributed by atoms with Crippen molar-refractivity contribution in [3.8, 4) is 5.69 Å². The third-order valence-corrected chi connectivity index (χ3v) is 5.48. The molecule has 1 saturated carbocycles. The minimum atomic E-state index is 0.519. The molecule has 0 bridgehead atoms. The van der Waals surface area contributed by atoms with Crippen LogP contribution >= 0.6 is 11.8 Å².